The molecule has 134 valence electrons. The Kier molecular flexibility index (Phi) is 6.00. The molecule has 26 heavy (non-hydrogen) atoms. The van der Waals surface area contributed by atoms with Crippen LogP contribution in [0.1, 0.15) is 39.9 Å². The zero-order chi connectivity index (χ0) is 18.4. The van der Waals surface area contributed by atoms with Gasteiger partial charge in [-0.1, -0.05) is 30.3 Å². The van der Waals surface area contributed by atoms with E-state index in [2.05, 4.69) is 22.4 Å². The summed E-state index contributed by atoms with van der Waals surface area (Å²) in [5, 5.41) is 21.5. The number of nitrogens with one attached hydrogen (secondary N) is 1. The van der Waals surface area contributed by atoms with Crippen LogP contribution in [0.2, 0.25) is 0 Å². The first-order valence-electron chi connectivity index (χ1n) is 8.91. The number of aliphatic hydroxyl groups excluding tert-OH is 1. The maximum absolute atomic E-state index is 12.4. The average Bonchev–Trinajstić information content (AvgIpc) is 2.69. The number of piperidine rings is 1. The van der Waals surface area contributed by atoms with Gasteiger partial charge in [0, 0.05) is 31.7 Å². The lowest BCUT2D eigenvalue weighted by atomic mass is 10.0. The predicted molar refractivity (Wildman–Crippen MR) is 99.3 cm³/mol. The van der Waals surface area contributed by atoms with Crippen LogP contribution in [-0.2, 0) is 13.1 Å². The molecule has 0 atom stereocenters. The summed E-state index contributed by atoms with van der Waals surface area (Å²) >= 11 is 0. The molecular formula is C21H23N3O2. The van der Waals surface area contributed by atoms with Gasteiger partial charge in [-0.2, -0.15) is 5.26 Å². The van der Waals surface area contributed by atoms with Crippen molar-refractivity contribution in [2.45, 2.75) is 32.0 Å². The molecule has 1 aliphatic rings. The smallest absolute Gasteiger partial charge is 0.251 e. The number of rotatable bonds is 5. The molecule has 0 spiro atoms. The van der Waals surface area contributed by atoms with Crippen LogP contribution in [0, 0.1) is 11.3 Å². The lowest BCUT2D eigenvalue weighted by Crippen LogP contribution is -2.35. The quantitative estimate of drug-likeness (QED) is 0.869. The van der Waals surface area contributed by atoms with Crippen LogP contribution in [0.3, 0.4) is 0 Å². The van der Waals surface area contributed by atoms with Gasteiger partial charge in [-0.3, -0.25) is 9.69 Å². The highest BCUT2D eigenvalue weighted by Gasteiger charge is 2.18. The Hall–Kier alpha value is -2.68. The van der Waals surface area contributed by atoms with Gasteiger partial charge in [-0.05, 0) is 42.2 Å². The van der Waals surface area contributed by atoms with Gasteiger partial charge < -0.3 is 10.4 Å². The van der Waals surface area contributed by atoms with Crippen LogP contribution in [0.5, 0.6) is 0 Å². The lowest BCUT2D eigenvalue weighted by Gasteiger charge is -2.30. The first-order valence-corrected chi connectivity index (χ1v) is 8.91. The number of carbonyl (C=O) groups is 1. The van der Waals surface area contributed by atoms with E-state index in [9.17, 15) is 9.90 Å². The summed E-state index contributed by atoms with van der Waals surface area (Å²) in [7, 11) is 0. The molecule has 0 saturated carbocycles. The fourth-order valence-corrected chi connectivity index (χ4v) is 3.21. The number of likely N-dealkylation sites (tertiary alicyclic amines) is 1. The Morgan fingerprint density at radius 3 is 2.62 bits per heavy atom. The van der Waals surface area contributed by atoms with Gasteiger partial charge in [0.2, 0.25) is 0 Å². The number of carbonyl (C=O) groups excluding carboxylic acids is 1. The van der Waals surface area contributed by atoms with Crippen molar-refractivity contribution >= 4 is 5.91 Å². The first kappa shape index (κ1) is 18.1. The predicted octanol–water partition coefficient (Wildman–Crippen LogP) is 2.44. The Morgan fingerprint density at radius 2 is 1.88 bits per heavy atom. The fraction of sp³-hybridized carbons (Fsp3) is 0.333. The summed E-state index contributed by atoms with van der Waals surface area (Å²) in [6.45, 7) is 3.05. The molecule has 1 fully saturated rings. The van der Waals surface area contributed by atoms with Crippen molar-refractivity contribution in [2.75, 3.05) is 13.1 Å². The minimum absolute atomic E-state index is 0.176. The highest BCUT2D eigenvalue weighted by atomic mass is 16.3. The van der Waals surface area contributed by atoms with E-state index in [0.717, 1.165) is 38.0 Å². The largest absolute Gasteiger partial charge is 0.393 e. The molecule has 5 nitrogen and oxygen atoms in total. The third-order valence-corrected chi connectivity index (χ3v) is 4.76. The Labute approximate surface area is 153 Å². The summed E-state index contributed by atoms with van der Waals surface area (Å²) in [4.78, 5) is 14.7. The van der Waals surface area contributed by atoms with E-state index in [1.807, 2.05) is 18.2 Å². The maximum Gasteiger partial charge on any atom is 0.251 e. The Morgan fingerprint density at radius 1 is 1.15 bits per heavy atom. The SMILES string of the molecule is N#Cc1cccc(C(=O)NCc2ccccc2CN2CCC(O)CC2)c1. The van der Waals surface area contributed by atoms with Crippen LogP contribution in [0.4, 0.5) is 0 Å². The topological polar surface area (TPSA) is 76.4 Å². The number of nitriles is 1. The molecule has 1 aliphatic heterocycles. The highest BCUT2D eigenvalue weighted by Crippen LogP contribution is 2.17. The number of aliphatic hydroxyl groups is 1. The van der Waals surface area contributed by atoms with Crippen LogP contribution < -0.4 is 5.32 Å². The van der Waals surface area contributed by atoms with Crippen molar-refractivity contribution in [3.63, 3.8) is 0 Å². The van der Waals surface area contributed by atoms with Crippen molar-refractivity contribution in [3.8, 4) is 6.07 Å². The second-order valence-electron chi connectivity index (χ2n) is 6.65. The van der Waals surface area contributed by atoms with Gasteiger partial charge in [0.25, 0.3) is 5.91 Å². The molecule has 2 aromatic carbocycles. The van der Waals surface area contributed by atoms with Crippen molar-refractivity contribution in [1.82, 2.24) is 10.2 Å². The molecule has 1 amide bonds. The minimum Gasteiger partial charge on any atom is -0.393 e. The number of nitrogens with zero attached hydrogens (tertiary/aromatic N) is 2. The van der Waals surface area contributed by atoms with E-state index in [1.165, 1.54) is 5.56 Å². The van der Waals surface area contributed by atoms with E-state index < -0.39 is 0 Å². The molecule has 0 bridgehead atoms. The van der Waals surface area contributed by atoms with Crippen molar-refractivity contribution < 1.29 is 9.90 Å². The van der Waals surface area contributed by atoms with Gasteiger partial charge in [0.05, 0.1) is 17.7 Å². The molecule has 2 aromatic rings. The van der Waals surface area contributed by atoms with Crippen LogP contribution in [0.25, 0.3) is 0 Å². The van der Waals surface area contributed by atoms with Crippen molar-refractivity contribution in [2.24, 2.45) is 0 Å². The van der Waals surface area contributed by atoms with Crippen molar-refractivity contribution in [1.29, 1.82) is 5.26 Å². The van der Waals surface area contributed by atoms with E-state index in [0.29, 0.717) is 17.7 Å². The highest BCUT2D eigenvalue weighted by molar-refractivity contribution is 5.94. The van der Waals surface area contributed by atoms with Gasteiger partial charge >= 0.3 is 0 Å². The zero-order valence-electron chi connectivity index (χ0n) is 14.7. The summed E-state index contributed by atoms with van der Waals surface area (Å²) in [5.74, 6) is -0.182. The molecule has 2 N–H and O–H groups in total. The Balaban J connectivity index is 1.63. The van der Waals surface area contributed by atoms with Gasteiger partial charge in [-0.15, -0.1) is 0 Å². The molecule has 0 aliphatic carbocycles. The second kappa shape index (κ2) is 8.61. The van der Waals surface area contributed by atoms with E-state index >= 15 is 0 Å². The third kappa shape index (κ3) is 4.69. The first-order chi connectivity index (χ1) is 12.7. The monoisotopic (exact) mass is 349 g/mol. The number of benzene rings is 2. The molecular weight excluding hydrogens is 326 g/mol. The summed E-state index contributed by atoms with van der Waals surface area (Å²) in [5.41, 5.74) is 3.25. The fourth-order valence-electron chi connectivity index (χ4n) is 3.21. The molecule has 5 heteroatoms. The summed E-state index contributed by atoms with van der Waals surface area (Å²) < 4.78 is 0. The van der Waals surface area contributed by atoms with E-state index in [4.69, 9.17) is 5.26 Å². The molecule has 0 radical (unpaired) electrons. The maximum atomic E-state index is 12.4. The molecule has 1 heterocycles. The second-order valence-corrected chi connectivity index (χ2v) is 6.65. The van der Waals surface area contributed by atoms with Crippen LogP contribution >= 0.6 is 0 Å². The van der Waals surface area contributed by atoms with Crippen molar-refractivity contribution in [3.05, 3.63) is 70.8 Å². The molecule has 3 rings (SSSR count). The van der Waals surface area contributed by atoms with Gasteiger partial charge in [0.1, 0.15) is 0 Å². The zero-order valence-corrected chi connectivity index (χ0v) is 14.7. The standard InChI is InChI=1S/C21H23N3O2/c22-13-16-4-3-7-17(12-16)21(26)23-14-18-5-1-2-6-19(18)15-24-10-8-20(25)9-11-24/h1-7,12,20,25H,8-11,14-15H2,(H,23,26). The van der Waals surface area contributed by atoms with Gasteiger partial charge in [-0.25, -0.2) is 0 Å². The number of amides is 1. The summed E-state index contributed by atoms with van der Waals surface area (Å²) in [6.07, 6.45) is 1.45. The lowest BCUT2D eigenvalue weighted by molar-refractivity contribution is 0.0790. The van der Waals surface area contributed by atoms with Crippen LogP contribution in [0.15, 0.2) is 48.5 Å². The average molecular weight is 349 g/mol. The van der Waals surface area contributed by atoms with Gasteiger partial charge in [0.15, 0.2) is 0 Å². The number of hydrogen-bond donors (Lipinski definition) is 2. The number of hydrogen-bond acceptors (Lipinski definition) is 4. The normalized spacial score (nSPS) is 15.4. The van der Waals surface area contributed by atoms with Crippen LogP contribution in [-0.4, -0.2) is 35.1 Å². The Bertz CT molecular complexity index is 805. The molecule has 0 aromatic heterocycles. The van der Waals surface area contributed by atoms with E-state index in [1.54, 1.807) is 24.3 Å². The molecule has 1 saturated heterocycles. The molecule has 0 unspecified atom stereocenters. The third-order valence-electron chi connectivity index (χ3n) is 4.76. The van der Waals surface area contributed by atoms with E-state index in [-0.39, 0.29) is 12.0 Å². The summed E-state index contributed by atoms with van der Waals surface area (Å²) in [6, 6.07) is 16.9. The minimum atomic E-state index is -0.182.